The number of rotatable bonds is 5. The largest absolute Gasteiger partial charge is 0.357 e. The minimum absolute atomic E-state index is 0.411. The average Bonchev–Trinajstić information content (AvgIpc) is 2.26. The number of halogens is 1. The molecule has 0 amide bonds. The van der Waals surface area contributed by atoms with Crippen molar-refractivity contribution in [1.29, 1.82) is 0 Å². The van der Waals surface area contributed by atoms with Crippen molar-refractivity contribution in [3.05, 3.63) is 17.8 Å². The Bertz CT molecular complexity index is 286. The van der Waals surface area contributed by atoms with Crippen LogP contribution in [0.1, 0.15) is 5.69 Å². The predicted molar refractivity (Wildman–Crippen MR) is 63.4 cm³/mol. The van der Waals surface area contributed by atoms with Gasteiger partial charge in [0, 0.05) is 20.1 Å². The molecular formula is C10H17ClN4. The van der Waals surface area contributed by atoms with Gasteiger partial charge in [0.25, 0.3) is 0 Å². The summed E-state index contributed by atoms with van der Waals surface area (Å²) < 4.78 is 0. The van der Waals surface area contributed by atoms with Crippen LogP contribution in [0.5, 0.6) is 0 Å². The molecule has 0 aliphatic heterocycles. The summed E-state index contributed by atoms with van der Waals surface area (Å²) >= 11 is 5.64. The second-order valence-corrected chi connectivity index (χ2v) is 4.01. The van der Waals surface area contributed by atoms with E-state index in [4.69, 9.17) is 11.6 Å². The second-order valence-electron chi connectivity index (χ2n) is 3.74. The molecule has 0 atom stereocenters. The van der Waals surface area contributed by atoms with E-state index >= 15 is 0 Å². The van der Waals surface area contributed by atoms with Crippen molar-refractivity contribution in [1.82, 2.24) is 15.1 Å². The summed E-state index contributed by atoms with van der Waals surface area (Å²) in [5.41, 5.74) is 0.807. The van der Waals surface area contributed by atoms with Crippen LogP contribution in [0.3, 0.4) is 0 Å². The minimum atomic E-state index is 0.411. The van der Waals surface area contributed by atoms with Gasteiger partial charge in [0.15, 0.2) is 5.82 Å². The highest BCUT2D eigenvalue weighted by Gasteiger charge is 2.03. The summed E-state index contributed by atoms with van der Waals surface area (Å²) in [5, 5.41) is 8.11. The summed E-state index contributed by atoms with van der Waals surface area (Å²) in [5.74, 6) is 1.29. The Morgan fingerprint density at radius 1 is 1.13 bits per heavy atom. The molecule has 1 heterocycles. The molecular weight excluding hydrogens is 212 g/mol. The average molecular weight is 229 g/mol. The Labute approximate surface area is 95.9 Å². The Kier molecular flexibility index (Phi) is 4.78. The summed E-state index contributed by atoms with van der Waals surface area (Å²) in [6.45, 7) is 1.93. The maximum absolute atomic E-state index is 5.64. The van der Waals surface area contributed by atoms with Gasteiger partial charge in [-0.3, -0.25) is 0 Å². The Balaban J connectivity index is 2.54. The van der Waals surface area contributed by atoms with E-state index in [1.165, 1.54) is 0 Å². The maximum atomic E-state index is 5.64. The van der Waals surface area contributed by atoms with Gasteiger partial charge in [-0.1, -0.05) is 0 Å². The van der Waals surface area contributed by atoms with E-state index in [1.54, 1.807) is 0 Å². The monoisotopic (exact) mass is 228 g/mol. The molecule has 1 aromatic heterocycles. The number of alkyl halides is 1. The minimum Gasteiger partial charge on any atom is -0.357 e. The fraction of sp³-hybridized carbons (Fsp3) is 0.600. The van der Waals surface area contributed by atoms with Gasteiger partial charge in [0.05, 0.1) is 11.6 Å². The van der Waals surface area contributed by atoms with Gasteiger partial charge >= 0.3 is 0 Å². The molecule has 1 aromatic rings. The van der Waals surface area contributed by atoms with Crippen molar-refractivity contribution < 1.29 is 0 Å². The van der Waals surface area contributed by atoms with Crippen LogP contribution in [0.15, 0.2) is 12.1 Å². The molecule has 84 valence electrons. The molecule has 0 bridgehead atoms. The smallest absolute Gasteiger partial charge is 0.151 e. The lowest BCUT2D eigenvalue weighted by Crippen LogP contribution is -2.29. The summed E-state index contributed by atoms with van der Waals surface area (Å²) in [4.78, 5) is 4.21. The summed E-state index contributed by atoms with van der Waals surface area (Å²) in [7, 11) is 6.11. The van der Waals surface area contributed by atoms with Crippen molar-refractivity contribution in [3.8, 4) is 0 Å². The molecule has 0 aromatic carbocycles. The SMILES string of the molecule is CN(C)CCN(C)c1ccc(CCl)nn1. The van der Waals surface area contributed by atoms with Crippen LogP contribution in [0.25, 0.3) is 0 Å². The van der Waals surface area contributed by atoms with Crippen LogP contribution in [-0.4, -0.2) is 49.3 Å². The molecule has 0 aliphatic rings. The Morgan fingerprint density at radius 3 is 2.33 bits per heavy atom. The first-order chi connectivity index (χ1) is 7.13. The lowest BCUT2D eigenvalue weighted by Gasteiger charge is -2.19. The van der Waals surface area contributed by atoms with E-state index in [0.29, 0.717) is 5.88 Å². The standard InChI is InChI=1S/C10H17ClN4/c1-14(2)6-7-15(3)10-5-4-9(8-11)12-13-10/h4-5H,6-8H2,1-3H3. The Hall–Kier alpha value is -0.870. The van der Waals surface area contributed by atoms with E-state index < -0.39 is 0 Å². The van der Waals surface area contributed by atoms with Gasteiger partial charge in [-0.2, -0.15) is 5.10 Å². The van der Waals surface area contributed by atoms with Crippen LogP contribution < -0.4 is 4.90 Å². The molecule has 4 nitrogen and oxygen atoms in total. The topological polar surface area (TPSA) is 32.3 Å². The number of nitrogens with zero attached hydrogens (tertiary/aromatic N) is 4. The highest BCUT2D eigenvalue weighted by atomic mass is 35.5. The first-order valence-corrected chi connectivity index (χ1v) is 5.41. The molecule has 0 N–H and O–H groups in total. The molecule has 0 spiro atoms. The van der Waals surface area contributed by atoms with Crippen LogP contribution in [0.4, 0.5) is 5.82 Å². The summed E-state index contributed by atoms with van der Waals surface area (Å²) in [6.07, 6.45) is 0. The fourth-order valence-corrected chi connectivity index (χ4v) is 1.23. The molecule has 0 radical (unpaired) electrons. The van der Waals surface area contributed by atoms with Gasteiger partial charge in [-0.25, -0.2) is 0 Å². The lowest BCUT2D eigenvalue weighted by atomic mass is 10.4. The third kappa shape index (κ3) is 4.01. The first-order valence-electron chi connectivity index (χ1n) is 4.88. The molecule has 0 unspecified atom stereocenters. The Morgan fingerprint density at radius 2 is 1.87 bits per heavy atom. The zero-order chi connectivity index (χ0) is 11.3. The van der Waals surface area contributed by atoms with Gasteiger partial charge in [-0.15, -0.1) is 16.7 Å². The highest BCUT2D eigenvalue weighted by Crippen LogP contribution is 2.08. The number of hydrogen-bond donors (Lipinski definition) is 0. The number of hydrogen-bond acceptors (Lipinski definition) is 4. The van der Waals surface area contributed by atoms with E-state index in [0.717, 1.165) is 24.6 Å². The van der Waals surface area contributed by atoms with Gasteiger partial charge < -0.3 is 9.80 Å². The van der Waals surface area contributed by atoms with Crippen LogP contribution in [0.2, 0.25) is 0 Å². The van der Waals surface area contributed by atoms with Crippen molar-refractivity contribution in [2.45, 2.75) is 5.88 Å². The molecule has 0 fully saturated rings. The quantitative estimate of drug-likeness (QED) is 0.710. The van der Waals surface area contributed by atoms with Gasteiger partial charge in [0.1, 0.15) is 0 Å². The van der Waals surface area contributed by atoms with Crippen LogP contribution in [-0.2, 0) is 5.88 Å². The van der Waals surface area contributed by atoms with Crippen molar-refractivity contribution in [3.63, 3.8) is 0 Å². The fourth-order valence-electron chi connectivity index (χ4n) is 1.09. The zero-order valence-electron chi connectivity index (χ0n) is 9.44. The molecule has 0 saturated carbocycles. The highest BCUT2D eigenvalue weighted by molar-refractivity contribution is 6.16. The number of anilines is 1. The molecule has 5 heteroatoms. The van der Waals surface area contributed by atoms with E-state index in [1.807, 2.05) is 19.2 Å². The summed E-state index contributed by atoms with van der Waals surface area (Å²) in [6, 6.07) is 3.85. The van der Waals surface area contributed by atoms with Crippen LogP contribution >= 0.6 is 11.6 Å². The third-order valence-corrected chi connectivity index (χ3v) is 2.39. The van der Waals surface area contributed by atoms with E-state index in [9.17, 15) is 0 Å². The van der Waals surface area contributed by atoms with Crippen molar-refractivity contribution in [2.24, 2.45) is 0 Å². The first kappa shape index (κ1) is 12.2. The third-order valence-electron chi connectivity index (χ3n) is 2.12. The zero-order valence-corrected chi connectivity index (χ0v) is 10.2. The van der Waals surface area contributed by atoms with E-state index in [-0.39, 0.29) is 0 Å². The van der Waals surface area contributed by atoms with Gasteiger partial charge in [0.2, 0.25) is 0 Å². The maximum Gasteiger partial charge on any atom is 0.151 e. The molecule has 1 rings (SSSR count). The van der Waals surface area contributed by atoms with E-state index in [2.05, 4.69) is 34.1 Å². The number of likely N-dealkylation sites (N-methyl/N-ethyl adjacent to an activating group) is 2. The second kappa shape index (κ2) is 5.88. The normalized spacial score (nSPS) is 10.7. The number of aromatic nitrogens is 2. The molecule has 0 aliphatic carbocycles. The van der Waals surface area contributed by atoms with Gasteiger partial charge in [-0.05, 0) is 26.2 Å². The molecule has 15 heavy (non-hydrogen) atoms. The lowest BCUT2D eigenvalue weighted by molar-refractivity contribution is 0.416. The van der Waals surface area contributed by atoms with Crippen LogP contribution in [0, 0.1) is 0 Å². The van der Waals surface area contributed by atoms with Crippen molar-refractivity contribution in [2.75, 3.05) is 39.1 Å². The van der Waals surface area contributed by atoms with Crippen molar-refractivity contribution >= 4 is 17.4 Å². The molecule has 0 saturated heterocycles. The predicted octanol–water partition coefficient (Wildman–Crippen LogP) is 1.21.